The SMILES string of the molecule is COc1ccc(S(=O)(=O)N(C)Cc2ccc(Cl)cc2)cc1-c1nc(C(C)C)no1. The fourth-order valence-electron chi connectivity index (χ4n) is 2.71. The molecule has 0 aliphatic carbocycles. The maximum absolute atomic E-state index is 13.1. The Bertz CT molecular complexity index is 1100. The van der Waals surface area contributed by atoms with E-state index in [1.54, 1.807) is 30.3 Å². The van der Waals surface area contributed by atoms with E-state index in [0.29, 0.717) is 22.2 Å². The van der Waals surface area contributed by atoms with Crippen LogP contribution in [0.4, 0.5) is 0 Å². The highest BCUT2D eigenvalue weighted by Gasteiger charge is 2.24. The second-order valence-corrected chi connectivity index (χ2v) is 9.34. The molecule has 0 amide bonds. The van der Waals surface area contributed by atoms with E-state index in [-0.39, 0.29) is 23.2 Å². The summed E-state index contributed by atoms with van der Waals surface area (Å²) in [4.78, 5) is 4.46. The summed E-state index contributed by atoms with van der Waals surface area (Å²) in [6.07, 6.45) is 0. The molecule has 9 heteroatoms. The van der Waals surface area contributed by atoms with E-state index in [9.17, 15) is 8.42 Å². The number of nitrogens with zero attached hydrogens (tertiary/aromatic N) is 3. The molecular weight excluding hydrogens is 414 g/mol. The lowest BCUT2D eigenvalue weighted by Crippen LogP contribution is -2.26. The number of methoxy groups -OCH3 is 1. The zero-order valence-electron chi connectivity index (χ0n) is 16.6. The second kappa shape index (κ2) is 8.52. The van der Waals surface area contributed by atoms with Crippen LogP contribution in [0.5, 0.6) is 5.75 Å². The van der Waals surface area contributed by atoms with Crippen molar-refractivity contribution in [3.63, 3.8) is 0 Å². The van der Waals surface area contributed by atoms with E-state index in [0.717, 1.165) is 5.56 Å². The smallest absolute Gasteiger partial charge is 0.261 e. The number of halogens is 1. The Morgan fingerprint density at radius 2 is 1.86 bits per heavy atom. The molecule has 2 aromatic carbocycles. The first-order chi connectivity index (χ1) is 13.7. The van der Waals surface area contributed by atoms with Gasteiger partial charge in [-0.1, -0.05) is 42.7 Å². The summed E-state index contributed by atoms with van der Waals surface area (Å²) in [6, 6.07) is 11.6. The predicted molar refractivity (Wildman–Crippen MR) is 110 cm³/mol. The molecule has 0 atom stereocenters. The monoisotopic (exact) mass is 435 g/mol. The van der Waals surface area contributed by atoms with Crippen molar-refractivity contribution in [2.75, 3.05) is 14.2 Å². The molecular formula is C20H22ClN3O4S. The van der Waals surface area contributed by atoms with Crippen molar-refractivity contribution >= 4 is 21.6 Å². The van der Waals surface area contributed by atoms with Gasteiger partial charge in [0, 0.05) is 24.5 Å². The third kappa shape index (κ3) is 4.60. The largest absolute Gasteiger partial charge is 0.496 e. The predicted octanol–water partition coefficient (Wildman–Crippen LogP) is 4.34. The van der Waals surface area contributed by atoms with Crippen molar-refractivity contribution in [1.82, 2.24) is 14.4 Å². The Balaban J connectivity index is 1.95. The van der Waals surface area contributed by atoms with Crippen molar-refractivity contribution in [3.8, 4) is 17.2 Å². The minimum Gasteiger partial charge on any atom is -0.496 e. The van der Waals surface area contributed by atoms with Crippen LogP contribution in [0.15, 0.2) is 51.9 Å². The highest BCUT2D eigenvalue weighted by molar-refractivity contribution is 7.89. The van der Waals surface area contributed by atoms with Gasteiger partial charge >= 0.3 is 0 Å². The highest BCUT2D eigenvalue weighted by Crippen LogP contribution is 2.33. The molecule has 7 nitrogen and oxygen atoms in total. The van der Waals surface area contributed by atoms with Crippen LogP contribution in [0.25, 0.3) is 11.5 Å². The summed E-state index contributed by atoms with van der Waals surface area (Å²) >= 11 is 5.90. The molecule has 1 heterocycles. The van der Waals surface area contributed by atoms with E-state index >= 15 is 0 Å². The molecule has 0 spiro atoms. The van der Waals surface area contributed by atoms with Gasteiger partial charge in [0.15, 0.2) is 5.82 Å². The van der Waals surface area contributed by atoms with Crippen LogP contribution in [-0.4, -0.2) is 37.0 Å². The van der Waals surface area contributed by atoms with Crippen LogP contribution < -0.4 is 4.74 Å². The number of ether oxygens (including phenoxy) is 1. The number of rotatable bonds is 7. The van der Waals surface area contributed by atoms with Crippen molar-refractivity contribution in [1.29, 1.82) is 0 Å². The molecule has 3 aromatic rings. The van der Waals surface area contributed by atoms with Gasteiger partial charge in [-0.25, -0.2) is 8.42 Å². The summed E-state index contributed by atoms with van der Waals surface area (Å²) < 4.78 is 38.1. The zero-order chi connectivity index (χ0) is 21.2. The minimum absolute atomic E-state index is 0.0796. The summed E-state index contributed by atoms with van der Waals surface area (Å²) in [5.41, 5.74) is 1.25. The standard InChI is InChI=1S/C20H22ClN3O4S/c1-13(2)19-22-20(28-23-19)17-11-16(9-10-18(17)27-4)29(25,26)24(3)12-14-5-7-15(21)8-6-14/h5-11,13H,12H2,1-4H3. The summed E-state index contributed by atoms with van der Waals surface area (Å²) in [5, 5.41) is 4.54. The Morgan fingerprint density at radius 1 is 1.17 bits per heavy atom. The molecule has 0 radical (unpaired) electrons. The van der Waals surface area contributed by atoms with E-state index in [1.807, 2.05) is 13.8 Å². The summed E-state index contributed by atoms with van der Waals surface area (Å²) in [6.45, 7) is 4.09. The summed E-state index contributed by atoms with van der Waals surface area (Å²) in [5.74, 6) is 1.28. The Kier molecular flexibility index (Phi) is 6.26. The van der Waals surface area contributed by atoms with Crippen molar-refractivity contribution in [2.24, 2.45) is 0 Å². The van der Waals surface area contributed by atoms with E-state index in [2.05, 4.69) is 10.1 Å². The van der Waals surface area contributed by atoms with Gasteiger partial charge in [0.1, 0.15) is 5.75 Å². The van der Waals surface area contributed by atoms with Gasteiger partial charge in [-0.2, -0.15) is 9.29 Å². The van der Waals surface area contributed by atoms with Crippen molar-refractivity contribution < 1.29 is 17.7 Å². The molecule has 1 aromatic heterocycles. The van der Waals surface area contributed by atoms with Crippen molar-refractivity contribution in [3.05, 3.63) is 58.9 Å². The lowest BCUT2D eigenvalue weighted by Gasteiger charge is -2.18. The van der Waals surface area contributed by atoms with Gasteiger partial charge in [0.2, 0.25) is 10.0 Å². The van der Waals surface area contributed by atoms with Gasteiger partial charge in [-0.15, -0.1) is 0 Å². The number of aromatic nitrogens is 2. The van der Waals surface area contributed by atoms with Gasteiger partial charge in [0.05, 0.1) is 17.6 Å². The second-order valence-electron chi connectivity index (χ2n) is 6.86. The van der Waals surface area contributed by atoms with E-state index < -0.39 is 10.0 Å². The maximum Gasteiger partial charge on any atom is 0.261 e. The Hall–Kier alpha value is -2.42. The molecule has 0 aliphatic heterocycles. The van der Waals surface area contributed by atoms with Gasteiger partial charge in [-0.3, -0.25) is 0 Å². The molecule has 0 saturated carbocycles. The highest BCUT2D eigenvalue weighted by atomic mass is 35.5. The average molecular weight is 436 g/mol. The Labute approximate surface area is 175 Å². The first-order valence-electron chi connectivity index (χ1n) is 8.95. The van der Waals surface area contributed by atoms with E-state index in [4.69, 9.17) is 20.9 Å². The van der Waals surface area contributed by atoms with Crippen LogP contribution in [0.3, 0.4) is 0 Å². The molecule has 0 fully saturated rings. The lowest BCUT2D eigenvalue weighted by molar-refractivity contribution is 0.401. The molecule has 0 bridgehead atoms. The fraction of sp³-hybridized carbons (Fsp3) is 0.300. The molecule has 154 valence electrons. The normalized spacial score (nSPS) is 12.0. The molecule has 0 unspecified atom stereocenters. The van der Waals surface area contributed by atoms with Gasteiger partial charge < -0.3 is 9.26 Å². The minimum atomic E-state index is -3.76. The third-order valence-electron chi connectivity index (χ3n) is 4.39. The third-order valence-corrected chi connectivity index (χ3v) is 6.44. The Morgan fingerprint density at radius 3 is 2.45 bits per heavy atom. The number of hydrogen-bond acceptors (Lipinski definition) is 6. The van der Waals surface area contributed by atoms with Gasteiger partial charge in [-0.05, 0) is 35.9 Å². The van der Waals surface area contributed by atoms with E-state index in [1.165, 1.54) is 30.6 Å². The fourth-order valence-corrected chi connectivity index (χ4v) is 4.02. The molecule has 0 saturated heterocycles. The molecule has 3 rings (SSSR count). The van der Waals surface area contributed by atoms with Crippen molar-refractivity contribution in [2.45, 2.75) is 31.2 Å². The maximum atomic E-state index is 13.1. The quantitative estimate of drug-likeness (QED) is 0.548. The van der Waals surface area contributed by atoms with Crippen LogP contribution >= 0.6 is 11.6 Å². The lowest BCUT2D eigenvalue weighted by atomic mass is 10.2. The van der Waals surface area contributed by atoms with Crippen LogP contribution in [0.2, 0.25) is 5.02 Å². The first kappa shape index (κ1) is 21.3. The first-order valence-corrected chi connectivity index (χ1v) is 10.8. The zero-order valence-corrected chi connectivity index (χ0v) is 18.2. The number of hydrogen-bond donors (Lipinski definition) is 0. The summed E-state index contributed by atoms with van der Waals surface area (Å²) in [7, 11) is -0.733. The topological polar surface area (TPSA) is 85.5 Å². The van der Waals surface area contributed by atoms with Gasteiger partial charge in [0.25, 0.3) is 5.89 Å². The van der Waals surface area contributed by atoms with Crippen LogP contribution in [-0.2, 0) is 16.6 Å². The molecule has 0 N–H and O–H groups in total. The number of benzene rings is 2. The number of sulfonamides is 1. The van der Waals surface area contributed by atoms with Crippen LogP contribution in [0, 0.1) is 0 Å². The van der Waals surface area contributed by atoms with Crippen LogP contribution in [0.1, 0.15) is 31.2 Å². The average Bonchev–Trinajstić information content (AvgIpc) is 3.19. The molecule has 0 aliphatic rings. The molecule has 29 heavy (non-hydrogen) atoms.